The average Bonchev–Trinajstić information content (AvgIpc) is 3.13. The van der Waals surface area contributed by atoms with Crippen molar-refractivity contribution in [3.8, 4) is 16.9 Å². The van der Waals surface area contributed by atoms with Crippen molar-refractivity contribution in [3.63, 3.8) is 0 Å². The standard InChI is InChI=1S/C41H51N5O6/c1-41(21-19-29(42)20-22-41)46(40(51)52)34-23-26(9-13-31(34)28-5-3-2-4-6-28)10-17-37(49)44-30-11-7-27(8-12-30)24-43-25-36(48)32-14-16-35(47)39-33(32)15-18-38(50)45-39/h2-6,9,13-16,18,23,27,29-30,36,43,47-48H,7-8,10-12,17,19-22,24-25,42H2,1H3,(H,44,49)(H,45,50)(H,51,52)/t27?,29?,30?,36-,41?/m1/s1. The maximum Gasteiger partial charge on any atom is 0.412 e. The number of carboxylic acid groups (broad SMARTS) is 1. The molecule has 0 bridgehead atoms. The van der Waals surface area contributed by atoms with E-state index in [1.807, 2.05) is 55.5 Å². The molecule has 0 saturated heterocycles. The second kappa shape index (κ2) is 16.3. The molecule has 0 radical (unpaired) electrons. The number of carbonyl (C=O) groups is 2. The van der Waals surface area contributed by atoms with Crippen LogP contribution in [-0.2, 0) is 11.2 Å². The number of phenolic OH excluding ortho intramolecular Hbond substituents is 1. The second-order valence-corrected chi connectivity index (χ2v) is 14.9. The largest absolute Gasteiger partial charge is 0.506 e. The number of nitrogens with one attached hydrogen (secondary N) is 3. The summed E-state index contributed by atoms with van der Waals surface area (Å²) in [5.74, 6) is 0.378. The van der Waals surface area contributed by atoms with Crippen LogP contribution in [0.1, 0.15) is 81.9 Å². The number of fused-ring (bicyclic) bond motifs is 1. The summed E-state index contributed by atoms with van der Waals surface area (Å²) in [7, 11) is 0. The highest BCUT2D eigenvalue weighted by Gasteiger charge is 2.40. The van der Waals surface area contributed by atoms with Gasteiger partial charge in [-0.15, -0.1) is 0 Å². The lowest BCUT2D eigenvalue weighted by molar-refractivity contribution is -0.122. The lowest BCUT2D eigenvalue weighted by atomic mass is 9.79. The van der Waals surface area contributed by atoms with Crippen LogP contribution in [0.5, 0.6) is 5.75 Å². The van der Waals surface area contributed by atoms with E-state index in [9.17, 15) is 29.7 Å². The Balaban J connectivity index is 1.01. The number of rotatable bonds is 12. The first-order valence-electron chi connectivity index (χ1n) is 18.5. The lowest BCUT2D eigenvalue weighted by Gasteiger charge is -2.44. The van der Waals surface area contributed by atoms with Gasteiger partial charge in [-0.2, -0.15) is 0 Å². The summed E-state index contributed by atoms with van der Waals surface area (Å²) < 4.78 is 0. The van der Waals surface area contributed by atoms with Crippen LogP contribution in [0.4, 0.5) is 10.5 Å². The van der Waals surface area contributed by atoms with Gasteiger partial charge in [-0.1, -0.05) is 48.5 Å². The molecule has 8 N–H and O–H groups in total. The van der Waals surface area contributed by atoms with E-state index >= 15 is 0 Å². The molecule has 276 valence electrons. The zero-order valence-electron chi connectivity index (χ0n) is 29.8. The van der Waals surface area contributed by atoms with Gasteiger partial charge in [0.15, 0.2) is 0 Å². The number of aromatic amines is 1. The van der Waals surface area contributed by atoms with Crippen LogP contribution in [0.3, 0.4) is 0 Å². The van der Waals surface area contributed by atoms with E-state index in [4.69, 9.17) is 5.73 Å². The smallest absolute Gasteiger partial charge is 0.412 e. The molecular weight excluding hydrogens is 658 g/mol. The predicted molar refractivity (Wildman–Crippen MR) is 204 cm³/mol. The Hall–Kier alpha value is -4.71. The van der Waals surface area contributed by atoms with Crippen molar-refractivity contribution in [2.24, 2.45) is 11.7 Å². The van der Waals surface area contributed by atoms with Crippen molar-refractivity contribution in [3.05, 3.63) is 94.3 Å². The van der Waals surface area contributed by atoms with Crippen LogP contribution >= 0.6 is 0 Å². The van der Waals surface area contributed by atoms with Crippen LogP contribution in [-0.4, -0.2) is 63.0 Å². The normalized spacial score (nSPS) is 22.5. The highest BCUT2D eigenvalue weighted by atomic mass is 16.4. The van der Waals surface area contributed by atoms with E-state index < -0.39 is 17.7 Å². The molecule has 1 atom stereocenters. The topological polar surface area (TPSA) is 181 Å². The van der Waals surface area contributed by atoms with E-state index in [1.54, 1.807) is 12.1 Å². The molecular formula is C41H51N5O6. The number of aromatic nitrogens is 1. The number of H-pyrrole nitrogens is 1. The third kappa shape index (κ3) is 8.66. The van der Waals surface area contributed by atoms with Crippen molar-refractivity contribution >= 4 is 28.6 Å². The summed E-state index contributed by atoms with van der Waals surface area (Å²) in [6.07, 6.45) is 5.58. The first-order valence-corrected chi connectivity index (χ1v) is 18.5. The number of phenols is 1. The summed E-state index contributed by atoms with van der Waals surface area (Å²) in [6.45, 7) is 3.09. The van der Waals surface area contributed by atoms with Gasteiger partial charge in [0, 0.05) is 47.6 Å². The number of pyridine rings is 1. The third-order valence-corrected chi connectivity index (χ3v) is 11.1. The van der Waals surface area contributed by atoms with Gasteiger partial charge in [0.05, 0.1) is 17.3 Å². The van der Waals surface area contributed by atoms with E-state index in [0.717, 1.165) is 61.8 Å². The third-order valence-electron chi connectivity index (χ3n) is 11.1. The monoisotopic (exact) mass is 709 g/mol. The number of carbonyl (C=O) groups excluding carboxylic acids is 1. The minimum absolute atomic E-state index is 0.0100. The number of nitrogens with zero attached hydrogens (tertiary/aromatic N) is 1. The van der Waals surface area contributed by atoms with Gasteiger partial charge in [0.25, 0.3) is 0 Å². The van der Waals surface area contributed by atoms with E-state index in [2.05, 4.69) is 15.6 Å². The Kier molecular flexibility index (Phi) is 11.6. The number of nitrogens with two attached hydrogens (primary N) is 1. The van der Waals surface area contributed by atoms with Crippen molar-refractivity contribution in [1.82, 2.24) is 15.6 Å². The Morgan fingerprint density at radius 2 is 1.71 bits per heavy atom. The van der Waals surface area contributed by atoms with Crippen molar-refractivity contribution in [2.75, 3.05) is 18.0 Å². The highest BCUT2D eigenvalue weighted by Crippen LogP contribution is 2.41. The second-order valence-electron chi connectivity index (χ2n) is 14.9. The average molecular weight is 710 g/mol. The maximum absolute atomic E-state index is 13.1. The van der Waals surface area contributed by atoms with Gasteiger partial charge >= 0.3 is 6.09 Å². The van der Waals surface area contributed by atoms with Gasteiger partial charge in [-0.3, -0.25) is 14.5 Å². The molecule has 2 saturated carbocycles. The Morgan fingerprint density at radius 1 is 0.981 bits per heavy atom. The zero-order valence-corrected chi connectivity index (χ0v) is 29.8. The Bertz CT molecular complexity index is 1910. The zero-order chi connectivity index (χ0) is 36.8. The molecule has 1 aromatic heterocycles. The van der Waals surface area contributed by atoms with Crippen molar-refractivity contribution < 1.29 is 24.9 Å². The highest BCUT2D eigenvalue weighted by molar-refractivity contribution is 5.94. The van der Waals surface area contributed by atoms with Crippen LogP contribution in [0.25, 0.3) is 22.0 Å². The van der Waals surface area contributed by atoms with E-state index in [-0.39, 0.29) is 29.3 Å². The van der Waals surface area contributed by atoms with Gasteiger partial charge in [0.1, 0.15) is 5.75 Å². The number of hydrogen-bond acceptors (Lipinski definition) is 7. The molecule has 11 heteroatoms. The summed E-state index contributed by atoms with van der Waals surface area (Å²) in [6, 6.07) is 22.1. The summed E-state index contributed by atoms with van der Waals surface area (Å²) in [5, 5.41) is 38.8. The number of benzene rings is 3. The van der Waals surface area contributed by atoms with E-state index in [1.165, 1.54) is 17.0 Å². The lowest BCUT2D eigenvalue weighted by Crippen LogP contribution is -2.53. The molecule has 11 nitrogen and oxygen atoms in total. The van der Waals surface area contributed by atoms with Crippen LogP contribution in [0, 0.1) is 5.92 Å². The quantitative estimate of drug-likeness (QED) is 0.0939. The van der Waals surface area contributed by atoms with E-state index in [0.29, 0.717) is 60.3 Å². The van der Waals surface area contributed by atoms with Gasteiger partial charge in [-0.25, -0.2) is 4.79 Å². The molecule has 2 aliphatic carbocycles. The Morgan fingerprint density at radius 3 is 2.42 bits per heavy atom. The molecule has 0 aliphatic heterocycles. The summed E-state index contributed by atoms with van der Waals surface area (Å²) >= 11 is 0. The molecule has 52 heavy (non-hydrogen) atoms. The molecule has 2 fully saturated rings. The first-order chi connectivity index (χ1) is 25.0. The first kappa shape index (κ1) is 37.1. The Labute approximate surface area is 304 Å². The summed E-state index contributed by atoms with van der Waals surface area (Å²) in [5.41, 5.74) is 9.59. The summed E-state index contributed by atoms with van der Waals surface area (Å²) in [4.78, 5) is 41.9. The fourth-order valence-corrected chi connectivity index (χ4v) is 8.04. The molecule has 6 rings (SSSR count). The molecule has 2 aliphatic rings. The molecule has 2 amide bonds. The fourth-order valence-electron chi connectivity index (χ4n) is 8.04. The number of anilines is 1. The molecule has 4 aromatic rings. The van der Waals surface area contributed by atoms with Crippen LogP contribution < -0.4 is 26.8 Å². The minimum atomic E-state index is -0.989. The fraction of sp³-hybridized carbons (Fsp3) is 0.439. The van der Waals surface area contributed by atoms with Gasteiger partial charge < -0.3 is 36.7 Å². The number of aryl methyl sites for hydroxylation is 1. The van der Waals surface area contributed by atoms with Crippen molar-refractivity contribution in [2.45, 2.75) is 94.9 Å². The van der Waals surface area contributed by atoms with Crippen LogP contribution in [0.15, 0.2) is 77.6 Å². The molecule has 0 spiro atoms. The van der Waals surface area contributed by atoms with Crippen LogP contribution in [0.2, 0.25) is 0 Å². The van der Waals surface area contributed by atoms with Gasteiger partial charge in [0.2, 0.25) is 11.5 Å². The molecule has 3 aromatic carbocycles. The number of hydrogen-bond donors (Lipinski definition) is 7. The molecule has 0 unspecified atom stereocenters. The minimum Gasteiger partial charge on any atom is -0.506 e. The maximum atomic E-state index is 13.1. The molecule has 1 heterocycles. The predicted octanol–water partition coefficient (Wildman–Crippen LogP) is 5.98. The number of aromatic hydroxyl groups is 1. The number of aliphatic hydroxyl groups excluding tert-OH is 1. The van der Waals surface area contributed by atoms with Gasteiger partial charge in [-0.05, 0) is 112 Å². The number of amides is 2. The SMILES string of the molecule is CC1(N(C(=O)O)c2cc(CCC(=O)NC3CCC(CNC[C@@H](O)c4ccc(O)c5[nH]c(=O)ccc45)CC3)ccc2-c2ccccc2)CCC(N)CC1. The number of aliphatic hydroxyl groups is 1. The van der Waals surface area contributed by atoms with Crippen molar-refractivity contribution in [1.29, 1.82) is 0 Å².